The summed E-state index contributed by atoms with van der Waals surface area (Å²) in [6, 6.07) is 13.1. The first-order valence-electron chi connectivity index (χ1n) is 13.5. The fraction of sp³-hybridized carbons (Fsp3) is 0.467. The number of hydrogen-bond acceptors (Lipinski definition) is 7. The molecular formula is C30H40N4O7. The third-order valence-electron chi connectivity index (χ3n) is 5.77. The zero-order valence-electron chi connectivity index (χ0n) is 24.7. The van der Waals surface area contributed by atoms with Crippen LogP contribution in [0, 0.1) is 6.92 Å². The molecule has 0 unspecified atom stereocenters. The monoisotopic (exact) mass is 568 g/mol. The van der Waals surface area contributed by atoms with Crippen molar-refractivity contribution in [1.82, 2.24) is 15.5 Å². The zero-order valence-corrected chi connectivity index (χ0v) is 24.7. The van der Waals surface area contributed by atoms with Crippen molar-refractivity contribution in [3.8, 4) is 11.5 Å². The highest BCUT2D eigenvalue weighted by Crippen LogP contribution is 2.26. The topological polar surface area (TPSA) is 135 Å². The number of benzene rings is 2. The number of amides is 4. The van der Waals surface area contributed by atoms with E-state index in [9.17, 15) is 19.2 Å². The molecule has 0 radical (unpaired) electrons. The number of alkyl carbamates (subject to hydrolysis) is 1. The highest BCUT2D eigenvalue weighted by Gasteiger charge is 2.42. The number of carbonyl (C=O) groups is 4. The number of hydrogen-bond donors (Lipinski definition) is 3. The molecule has 0 aliphatic carbocycles. The average molecular weight is 569 g/mol. The molecule has 1 aliphatic rings. The van der Waals surface area contributed by atoms with Crippen LogP contribution < -0.4 is 20.7 Å². The van der Waals surface area contributed by atoms with Gasteiger partial charge in [0.2, 0.25) is 11.8 Å². The van der Waals surface area contributed by atoms with Crippen molar-refractivity contribution in [2.45, 2.75) is 78.2 Å². The molecular weight excluding hydrogens is 528 g/mol. The minimum absolute atomic E-state index is 0.0640. The largest absolute Gasteiger partial charge is 0.457 e. The molecule has 222 valence electrons. The fourth-order valence-electron chi connectivity index (χ4n) is 4.03. The molecule has 2 aromatic carbocycles. The van der Waals surface area contributed by atoms with Crippen LogP contribution in [-0.4, -0.2) is 65.3 Å². The molecule has 2 aromatic rings. The summed E-state index contributed by atoms with van der Waals surface area (Å²) in [5.41, 5.74) is 0.172. The number of ether oxygens (including phenoxy) is 3. The lowest BCUT2D eigenvalue weighted by Gasteiger charge is -2.28. The normalized spacial score (nSPS) is 16.9. The third-order valence-corrected chi connectivity index (χ3v) is 5.77. The fourth-order valence-corrected chi connectivity index (χ4v) is 4.03. The van der Waals surface area contributed by atoms with Crippen LogP contribution in [0.3, 0.4) is 0 Å². The van der Waals surface area contributed by atoms with Gasteiger partial charge in [0.05, 0.1) is 0 Å². The van der Waals surface area contributed by atoms with Crippen LogP contribution in [0.5, 0.6) is 11.5 Å². The predicted molar refractivity (Wildman–Crippen MR) is 154 cm³/mol. The summed E-state index contributed by atoms with van der Waals surface area (Å²) in [5, 5.41) is 8.01. The van der Waals surface area contributed by atoms with Gasteiger partial charge < -0.3 is 30.2 Å². The summed E-state index contributed by atoms with van der Waals surface area (Å²) in [6.45, 7) is 12.1. The van der Waals surface area contributed by atoms with Gasteiger partial charge in [0, 0.05) is 18.3 Å². The van der Waals surface area contributed by atoms with Gasteiger partial charge in [0.15, 0.2) is 0 Å². The quantitative estimate of drug-likeness (QED) is 0.439. The number of likely N-dealkylation sites (tertiary alicyclic amines) is 1. The van der Waals surface area contributed by atoms with Crippen LogP contribution in [0.25, 0.3) is 0 Å². The Hall–Kier alpha value is -4.28. The Morgan fingerprint density at radius 2 is 1.41 bits per heavy atom. The first-order chi connectivity index (χ1) is 19.1. The number of rotatable bonds is 7. The number of carbonyl (C=O) groups excluding carboxylic acids is 4. The van der Waals surface area contributed by atoms with Gasteiger partial charge in [0.1, 0.15) is 35.3 Å². The number of nitrogens with zero attached hydrogens (tertiary/aromatic N) is 1. The molecule has 41 heavy (non-hydrogen) atoms. The SMILES string of the molecule is Cc1ccc(Oc2ccc(NC(=O)[C@@H]3C[C@@H](NC(=O)CNC(=O)OC(C)(C)C)CN3C(=O)OC(C)(C)C)cc2)cc1. The smallest absolute Gasteiger partial charge is 0.411 e. The van der Waals surface area contributed by atoms with Gasteiger partial charge in [-0.3, -0.25) is 14.5 Å². The molecule has 11 nitrogen and oxygen atoms in total. The maximum absolute atomic E-state index is 13.3. The van der Waals surface area contributed by atoms with E-state index in [4.69, 9.17) is 14.2 Å². The minimum Gasteiger partial charge on any atom is -0.457 e. The zero-order chi connectivity index (χ0) is 30.4. The first-order valence-corrected chi connectivity index (χ1v) is 13.5. The predicted octanol–water partition coefficient (Wildman–Crippen LogP) is 4.74. The lowest BCUT2D eigenvalue weighted by molar-refractivity contribution is -0.121. The molecule has 0 saturated carbocycles. The Bertz CT molecular complexity index is 1230. The molecule has 3 rings (SSSR count). The highest BCUT2D eigenvalue weighted by atomic mass is 16.6. The van der Waals surface area contributed by atoms with E-state index in [-0.39, 0.29) is 19.5 Å². The van der Waals surface area contributed by atoms with Gasteiger partial charge in [-0.25, -0.2) is 9.59 Å². The lowest BCUT2D eigenvalue weighted by Crippen LogP contribution is -2.46. The number of anilines is 1. The Kier molecular flexibility index (Phi) is 9.85. The third kappa shape index (κ3) is 10.3. The first kappa shape index (κ1) is 31.3. The van der Waals surface area contributed by atoms with Gasteiger partial charge >= 0.3 is 12.2 Å². The van der Waals surface area contributed by atoms with Gasteiger partial charge in [0.25, 0.3) is 0 Å². The molecule has 3 N–H and O–H groups in total. The van der Waals surface area contributed by atoms with Crippen molar-refractivity contribution >= 4 is 29.7 Å². The van der Waals surface area contributed by atoms with Crippen molar-refractivity contribution in [1.29, 1.82) is 0 Å². The van der Waals surface area contributed by atoms with Gasteiger partial charge in [-0.15, -0.1) is 0 Å². The number of aryl methyl sites for hydroxylation is 1. The summed E-state index contributed by atoms with van der Waals surface area (Å²) in [6.07, 6.45) is -1.22. The second-order valence-electron chi connectivity index (χ2n) is 11.9. The molecule has 0 aromatic heterocycles. The van der Waals surface area contributed by atoms with Crippen molar-refractivity contribution in [2.24, 2.45) is 0 Å². The second-order valence-corrected chi connectivity index (χ2v) is 11.9. The average Bonchev–Trinajstić information content (AvgIpc) is 3.27. The summed E-state index contributed by atoms with van der Waals surface area (Å²) >= 11 is 0. The van der Waals surface area contributed by atoms with Crippen LogP contribution in [0.4, 0.5) is 15.3 Å². The molecule has 1 fully saturated rings. The van der Waals surface area contributed by atoms with Crippen molar-refractivity contribution in [3.63, 3.8) is 0 Å². The molecule has 1 saturated heterocycles. The van der Waals surface area contributed by atoms with E-state index in [1.54, 1.807) is 65.8 Å². The van der Waals surface area contributed by atoms with Crippen molar-refractivity contribution < 1.29 is 33.4 Å². The van der Waals surface area contributed by atoms with Crippen LogP contribution in [0.2, 0.25) is 0 Å². The van der Waals surface area contributed by atoms with E-state index in [1.807, 2.05) is 31.2 Å². The van der Waals surface area contributed by atoms with E-state index >= 15 is 0 Å². The van der Waals surface area contributed by atoms with E-state index in [2.05, 4.69) is 16.0 Å². The van der Waals surface area contributed by atoms with Gasteiger partial charge in [-0.1, -0.05) is 17.7 Å². The summed E-state index contributed by atoms with van der Waals surface area (Å²) in [5.74, 6) is 0.397. The molecule has 1 aliphatic heterocycles. The standard InChI is InChI=1S/C30H40N4O7/c1-19-8-12-22(13-9-19)39-23-14-10-20(11-15-23)33-26(36)24-16-21(18-34(24)28(38)41-30(5,6)7)32-25(35)17-31-27(37)40-29(2,3)4/h8-15,21,24H,16-18H2,1-7H3,(H,31,37)(H,32,35)(H,33,36)/t21-,24+/m1/s1. The Labute approximate surface area is 240 Å². The van der Waals surface area contributed by atoms with Crippen LogP contribution >= 0.6 is 0 Å². The molecule has 0 spiro atoms. The molecule has 11 heteroatoms. The van der Waals surface area contributed by atoms with E-state index < -0.39 is 47.3 Å². The maximum Gasteiger partial charge on any atom is 0.411 e. The summed E-state index contributed by atoms with van der Waals surface area (Å²) in [7, 11) is 0. The molecule has 1 heterocycles. The summed E-state index contributed by atoms with van der Waals surface area (Å²) < 4.78 is 16.5. The molecule has 0 bridgehead atoms. The van der Waals surface area contributed by atoms with Crippen LogP contribution in [-0.2, 0) is 19.1 Å². The number of nitrogens with one attached hydrogen (secondary N) is 3. The van der Waals surface area contributed by atoms with Crippen molar-refractivity contribution in [2.75, 3.05) is 18.4 Å². The van der Waals surface area contributed by atoms with Gasteiger partial charge in [-0.05, 0) is 91.3 Å². The lowest BCUT2D eigenvalue weighted by atomic mass is 10.1. The van der Waals surface area contributed by atoms with E-state index in [0.717, 1.165) is 5.56 Å². The Balaban J connectivity index is 1.63. The van der Waals surface area contributed by atoms with E-state index in [1.165, 1.54) is 4.90 Å². The van der Waals surface area contributed by atoms with Crippen LogP contribution in [0.1, 0.15) is 53.5 Å². The summed E-state index contributed by atoms with van der Waals surface area (Å²) in [4.78, 5) is 51.9. The molecule has 4 amide bonds. The van der Waals surface area contributed by atoms with Gasteiger partial charge in [-0.2, -0.15) is 0 Å². The van der Waals surface area contributed by atoms with Crippen LogP contribution in [0.15, 0.2) is 48.5 Å². The van der Waals surface area contributed by atoms with E-state index in [0.29, 0.717) is 17.2 Å². The molecule has 2 atom stereocenters. The van der Waals surface area contributed by atoms with Crippen molar-refractivity contribution in [3.05, 3.63) is 54.1 Å². The minimum atomic E-state index is -0.891. The Morgan fingerprint density at radius 3 is 1.98 bits per heavy atom. The Morgan fingerprint density at radius 1 is 0.854 bits per heavy atom. The second kappa shape index (κ2) is 12.9. The maximum atomic E-state index is 13.3. The highest BCUT2D eigenvalue weighted by molar-refractivity contribution is 5.97.